The number of hydrogen-bond acceptors (Lipinski definition) is 5. The van der Waals surface area contributed by atoms with Crippen LogP contribution in [0.4, 0.5) is 0 Å². The van der Waals surface area contributed by atoms with Gasteiger partial charge in [-0.25, -0.2) is 9.79 Å². The number of fused-ring (bicyclic) bond motifs is 1. The van der Waals surface area contributed by atoms with Gasteiger partial charge in [0.25, 0.3) is 5.91 Å². The number of nitrogens with one attached hydrogen (secondary N) is 1. The normalized spacial score (nSPS) is 16.9. The lowest BCUT2D eigenvalue weighted by molar-refractivity contribution is 0.0700. The van der Waals surface area contributed by atoms with Crippen molar-refractivity contribution in [3.63, 3.8) is 0 Å². The summed E-state index contributed by atoms with van der Waals surface area (Å²) in [5.74, 6) is -0.582. The van der Waals surface area contributed by atoms with Gasteiger partial charge in [-0.2, -0.15) is 5.10 Å². The van der Waals surface area contributed by atoms with E-state index in [1.54, 1.807) is 16.2 Å². The number of aromatic nitrogens is 2. The van der Waals surface area contributed by atoms with Crippen molar-refractivity contribution in [3.05, 3.63) is 17.5 Å². The molecule has 2 N–H and O–H groups in total. The van der Waals surface area contributed by atoms with Crippen molar-refractivity contribution in [2.75, 3.05) is 6.54 Å². The van der Waals surface area contributed by atoms with Gasteiger partial charge in [0.05, 0.1) is 12.2 Å². The molecule has 15 heavy (non-hydrogen) atoms. The number of carbonyl (C=O) groups excluding carboxylic acids is 1. The first-order chi connectivity index (χ1) is 7.20. The molecule has 1 aromatic heterocycles. The number of hydroxylamine groups is 1. The van der Waals surface area contributed by atoms with Crippen molar-refractivity contribution in [2.45, 2.75) is 19.5 Å². The quantitative estimate of drug-likeness (QED) is 0.361. The van der Waals surface area contributed by atoms with Crippen molar-refractivity contribution < 1.29 is 10.0 Å². The maximum absolute atomic E-state index is 11.1. The van der Waals surface area contributed by atoms with E-state index >= 15 is 0 Å². The molecule has 1 aromatic rings. The van der Waals surface area contributed by atoms with Crippen LogP contribution in [-0.4, -0.2) is 31.7 Å². The molecule has 1 aliphatic rings. The van der Waals surface area contributed by atoms with Crippen molar-refractivity contribution in [1.29, 1.82) is 0 Å². The van der Waals surface area contributed by atoms with Crippen LogP contribution in [0, 0.1) is 0 Å². The number of hydrogen-bond donors (Lipinski definition) is 3. The monoisotopic (exact) mass is 228 g/mol. The molecular formula is C8H12N4O2S. The zero-order valence-electron chi connectivity index (χ0n) is 8.05. The summed E-state index contributed by atoms with van der Waals surface area (Å²) in [6.45, 7) is 2.31. The Balaban J connectivity index is 2.27. The van der Waals surface area contributed by atoms with Crippen LogP contribution < -0.4 is 5.48 Å². The second kappa shape index (κ2) is 4.21. The number of amides is 1. The largest absolute Gasteiger partial charge is 0.295 e. The molecule has 1 amide bonds. The first-order valence-corrected chi connectivity index (χ1v) is 5.05. The lowest BCUT2D eigenvalue weighted by atomic mass is 10.3. The van der Waals surface area contributed by atoms with E-state index < -0.39 is 5.91 Å². The van der Waals surface area contributed by atoms with E-state index in [1.807, 2.05) is 4.31 Å². The molecular weight excluding hydrogens is 216 g/mol. The predicted octanol–water partition coefficient (Wildman–Crippen LogP) is 0.0526. The molecule has 6 nitrogen and oxygen atoms in total. The highest BCUT2D eigenvalue weighted by Gasteiger charge is 2.17. The third-order valence-electron chi connectivity index (χ3n) is 2.33. The Morgan fingerprint density at radius 1 is 1.60 bits per heavy atom. The zero-order valence-corrected chi connectivity index (χ0v) is 8.94. The smallest absolute Gasteiger partial charge is 0.288 e. The molecule has 0 aliphatic carbocycles. The molecule has 0 spiro atoms. The van der Waals surface area contributed by atoms with Gasteiger partial charge in [0.15, 0.2) is 5.69 Å². The van der Waals surface area contributed by atoms with Gasteiger partial charge in [-0.1, -0.05) is 12.8 Å². The second-order valence-electron chi connectivity index (χ2n) is 3.43. The topological polar surface area (TPSA) is 70.4 Å². The first-order valence-electron chi connectivity index (χ1n) is 4.65. The number of nitrogens with zero attached hydrogens (tertiary/aromatic N) is 3. The molecule has 82 valence electrons. The fraction of sp³-hybridized carbons (Fsp3) is 0.500. The number of aryl methyl sites for hydroxylation is 1. The minimum Gasteiger partial charge on any atom is -0.288 e. The highest BCUT2D eigenvalue weighted by atomic mass is 32.1. The average Bonchev–Trinajstić information content (AvgIpc) is 2.53. The van der Waals surface area contributed by atoms with E-state index in [-0.39, 0.29) is 5.69 Å². The van der Waals surface area contributed by atoms with Crippen LogP contribution in [0.1, 0.15) is 22.6 Å². The van der Waals surface area contributed by atoms with Crippen molar-refractivity contribution in [3.8, 4) is 0 Å². The summed E-state index contributed by atoms with van der Waals surface area (Å²) in [6.07, 6.45) is 0.943. The third kappa shape index (κ3) is 2.14. The summed E-state index contributed by atoms with van der Waals surface area (Å²) >= 11 is 4.28. The summed E-state index contributed by atoms with van der Waals surface area (Å²) in [5, 5.41) is 12.6. The molecule has 1 aliphatic heterocycles. The Kier molecular flexibility index (Phi) is 2.94. The van der Waals surface area contributed by atoms with E-state index in [4.69, 9.17) is 5.21 Å². The second-order valence-corrected chi connectivity index (χ2v) is 3.99. The minimum absolute atomic E-state index is 0.233. The SMILES string of the molecule is O=C(NO)c1cc2n(n1)CCCN(S)C2. The van der Waals surface area contributed by atoms with Crippen molar-refractivity contribution in [2.24, 2.45) is 0 Å². The van der Waals surface area contributed by atoms with Gasteiger partial charge in [0, 0.05) is 13.1 Å². The van der Waals surface area contributed by atoms with Gasteiger partial charge in [0.2, 0.25) is 0 Å². The van der Waals surface area contributed by atoms with Gasteiger partial charge < -0.3 is 0 Å². The van der Waals surface area contributed by atoms with Gasteiger partial charge in [-0.15, -0.1) is 0 Å². The van der Waals surface area contributed by atoms with E-state index in [0.717, 1.165) is 25.2 Å². The molecule has 7 heteroatoms. The van der Waals surface area contributed by atoms with E-state index in [0.29, 0.717) is 6.54 Å². The Labute approximate surface area is 92.4 Å². The molecule has 0 aromatic carbocycles. The number of rotatable bonds is 1. The minimum atomic E-state index is -0.582. The van der Waals surface area contributed by atoms with Crippen LogP contribution in [0.5, 0.6) is 0 Å². The third-order valence-corrected chi connectivity index (χ3v) is 2.67. The van der Waals surface area contributed by atoms with Crippen LogP contribution in [0.25, 0.3) is 0 Å². The zero-order chi connectivity index (χ0) is 10.8. The van der Waals surface area contributed by atoms with Gasteiger partial charge in [-0.05, 0) is 12.5 Å². The Morgan fingerprint density at radius 2 is 2.40 bits per heavy atom. The summed E-state index contributed by atoms with van der Waals surface area (Å²) in [4.78, 5) is 11.1. The molecule has 0 saturated carbocycles. The molecule has 0 unspecified atom stereocenters. The Bertz CT molecular complexity index is 379. The van der Waals surface area contributed by atoms with Crippen LogP contribution in [0.15, 0.2) is 6.07 Å². The van der Waals surface area contributed by atoms with Crippen LogP contribution in [0.3, 0.4) is 0 Å². The molecule has 2 heterocycles. The average molecular weight is 228 g/mol. The lowest BCUT2D eigenvalue weighted by Gasteiger charge is -2.09. The van der Waals surface area contributed by atoms with Crippen LogP contribution in [0.2, 0.25) is 0 Å². The summed E-state index contributed by atoms with van der Waals surface area (Å²) in [6, 6.07) is 1.67. The van der Waals surface area contributed by atoms with Gasteiger partial charge in [0.1, 0.15) is 0 Å². The van der Waals surface area contributed by atoms with Crippen LogP contribution >= 0.6 is 12.8 Å². The summed E-state index contributed by atoms with van der Waals surface area (Å²) in [5.41, 5.74) is 2.73. The summed E-state index contributed by atoms with van der Waals surface area (Å²) < 4.78 is 3.65. The highest BCUT2D eigenvalue weighted by Crippen LogP contribution is 2.14. The highest BCUT2D eigenvalue weighted by molar-refractivity contribution is 7.77. The van der Waals surface area contributed by atoms with Gasteiger partial charge in [-0.3, -0.25) is 14.7 Å². The van der Waals surface area contributed by atoms with E-state index in [1.165, 1.54) is 0 Å². The number of carbonyl (C=O) groups is 1. The fourth-order valence-corrected chi connectivity index (χ4v) is 1.90. The van der Waals surface area contributed by atoms with Crippen molar-refractivity contribution in [1.82, 2.24) is 19.6 Å². The van der Waals surface area contributed by atoms with Gasteiger partial charge >= 0.3 is 0 Å². The predicted molar refractivity (Wildman–Crippen MR) is 55.5 cm³/mol. The lowest BCUT2D eigenvalue weighted by Crippen LogP contribution is -2.19. The molecule has 0 bridgehead atoms. The Morgan fingerprint density at radius 3 is 3.13 bits per heavy atom. The first kappa shape index (κ1) is 10.5. The Hall–Kier alpha value is -1.05. The fourth-order valence-electron chi connectivity index (χ4n) is 1.61. The molecule has 2 rings (SSSR count). The molecule has 0 fully saturated rings. The maximum atomic E-state index is 11.1. The molecule has 0 atom stereocenters. The van der Waals surface area contributed by atoms with Crippen LogP contribution in [-0.2, 0) is 13.1 Å². The number of thiol groups is 1. The maximum Gasteiger partial charge on any atom is 0.295 e. The van der Waals surface area contributed by atoms with Crippen molar-refractivity contribution >= 4 is 18.7 Å². The van der Waals surface area contributed by atoms with E-state index in [2.05, 4.69) is 17.9 Å². The standard InChI is InChI=1S/C8H12N4O2S/c13-8(10-14)7-4-6-5-11(15)2-1-3-12(6)9-7/h4,14-15H,1-3,5H2,(H,10,13). The molecule has 0 radical (unpaired) electrons. The molecule has 0 saturated heterocycles. The van der Waals surface area contributed by atoms with E-state index in [9.17, 15) is 4.79 Å². The summed E-state index contributed by atoms with van der Waals surface area (Å²) in [7, 11) is 0.